The molecular formula is C26H21N3O. The van der Waals surface area contributed by atoms with Gasteiger partial charge in [-0.2, -0.15) is 5.10 Å². The van der Waals surface area contributed by atoms with Crippen LogP contribution in [0.5, 0.6) is 5.75 Å². The van der Waals surface area contributed by atoms with E-state index in [1.807, 2.05) is 59.1 Å². The highest BCUT2D eigenvalue weighted by molar-refractivity contribution is 5.85. The van der Waals surface area contributed by atoms with Crippen molar-refractivity contribution in [2.45, 2.75) is 6.61 Å². The van der Waals surface area contributed by atoms with Crippen LogP contribution >= 0.6 is 0 Å². The van der Waals surface area contributed by atoms with Crippen LogP contribution < -0.4 is 10.5 Å². The molecule has 2 aromatic heterocycles. The first-order valence-electron chi connectivity index (χ1n) is 9.88. The van der Waals surface area contributed by atoms with E-state index in [2.05, 4.69) is 47.6 Å². The van der Waals surface area contributed by atoms with E-state index in [-0.39, 0.29) is 0 Å². The summed E-state index contributed by atoms with van der Waals surface area (Å²) in [4.78, 5) is 0. The van der Waals surface area contributed by atoms with E-state index in [1.165, 1.54) is 0 Å². The summed E-state index contributed by atoms with van der Waals surface area (Å²) in [5.74, 6) is 0.841. The molecule has 5 rings (SSSR count). The van der Waals surface area contributed by atoms with Gasteiger partial charge in [0, 0.05) is 11.1 Å². The fourth-order valence-electron chi connectivity index (χ4n) is 3.65. The summed E-state index contributed by atoms with van der Waals surface area (Å²) >= 11 is 0. The number of hydrogen-bond donors (Lipinski definition) is 1. The third-order valence-corrected chi connectivity index (χ3v) is 5.17. The highest BCUT2D eigenvalue weighted by Gasteiger charge is 2.14. The Morgan fingerprint density at radius 3 is 2.17 bits per heavy atom. The Hall–Kier alpha value is -4.05. The van der Waals surface area contributed by atoms with Crippen molar-refractivity contribution in [3.05, 3.63) is 109 Å². The number of hydrogen-bond acceptors (Lipinski definition) is 3. The van der Waals surface area contributed by atoms with Crippen molar-refractivity contribution in [3.63, 3.8) is 0 Å². The van der Waals surface area contributed by atoms with Gasteiger partial charge >= 0.3 is 0 Å². The largest absolute Gasteiger partial charge is 0.489 e. The predicted octanol–water partition coefficient (Wildman–Crippen LogP) is 5.83. The van der Waals surface area contributed by atoms with Crippen molar-refractivity contribution in [2.75, 3.05) is 5.73 Å². The minimum Gasteiger partial charge on any atom is -0.489 e. The van der Waals surface area contributed by atoms with Crippen LogP contribution in [0.2, 0.25) is 0 Å². The molecule has 0 radical (unpaired) electrons. The van der Waals surface area contributed by atoms with E-state index in [0.29, 0.717) is 12.3 Å². The molecule has 0 fully saturated rings. The lowest BCUT2D eigenvalue weighted by atomic mass is 9.99. The lowest BCUT2D eigenvalue weighted by Crippen LogP contribution is -1.98. The van der Waals surface area contributed by atoms with E-state index in [9.17, 15) is 0 Å². The molecule has 5 aromatic rings. The molecule has 0 aliphatic carbocycles. The molecule has 0 amide bonds. The van der Waals surface area contributed by atoms with Crippen LogP contribution in [0.15, 0.2) is 103 Å². The van der Waals surface area contributed by atoms with Gasteiger partial charge in [-0.3, -0.25) is 0 Å². The van der Waals surface area contributed by atoms with Crippen molar-refractivity contribution in [1.29, 1.82) is 0 Å². The fraction of sp³-hybridized carbons (Fsp3) is 0.0385. The molecule has 0 unspecified atom stereocenters. The van der Waals surface area contributed by atoms with Gasteiger partial charge < -0.3 is 10.5 Å². The lowest BCUT2D eigenvalue weighted by Gasteiger charge is -2.13. The second-order valence-electron chi connectivity index (χ2n) is 7.16. The molecule has 4 heteroatoms. The van der Waals surface area contributed by atoms with Gasteiger partial charge in [0.1, 0.15) is 12.4 Å². The van der Waals surface area contributed by atoms with Crippen molar-refractivity contribution in [3.8, 4) is 28.1 Å². The van der Waals surface area contributed by atoms with Gasteiger partial charge in [-0.1, -0.05) is 72.8 Å². The second kappa shape index (κ2) is 7.76. The molecule has 0 aliphatic rings. The zero-order chi connectivity index (χ0) is 20.3. The highest BCUT2D eigenvalue weighted by Crippen LogP contribution is 2.34. The zero-order valence-corrected chi connectivity index (χ0v) is 16.4. The van der Waals surface area contributed by atoms with Gasteiger partial charge in [-0.05, 0) is 35.4 Å². The van der Waals surface area contributed by atoms with Gasteiger partial charge in [0.15, 0.2) is 0 Å². The number of nitrogens with zero attached hydrogens (tertiary/aromatic N) is 2. The Morgan fingerprint density at radius 1 is 0.733 bits per heavy atom. The first-order valence-corrected chi connectivity index (χ1v) is 9.88. The molecule has 3 aromatic carbocycles. The summed E-state index contributed by atoms with van der Waals surface area (Å²) in [7, 11) is 0. The van der Waals surface area contributed by atoms with E-state index >= 15 is 0 Å². The summed E-state index contributed by atoms with van der Waals surface area (Å²) in [6.45, 7) is 0.550. The molecule has 0 aliphatic heterocycles. The monoisotopic (exact) mass is 391 g/mol. The maximum absolute atomic E-state index is 6.11. The Kier molecular flexibility index (Phi) is 4.66. The first kappa shape index (κ1) is 18.0. The topological polar surface area (TPSA) is 52.5 Å². The van der Waals surface area contributed by atoms with Gasteiger partial charge in [-0.25, -0.2) is 4.52 Å². The van der Waals surface area contributed by atoms with Crippen molar-refractivity contribution in [2.24, 2.45) is 0 Å². The number of ether oxygens (including phenoxy) is 1. The molecule has 2 N–H and O–H groups in total. The number of fused-ring (bicyclic) bond motifs is 1. The smallest absolute Gasteiger partial charge is 0.119 e. The van der Waals surface area contributed by atoms with Gasteiger partial charge in [-0.15, -0.1) is 0 Å². The van der Waals surface area contributed by atoms with E-state index in [1.54, 1.807) is 6.20 Å². The summed E-state index contributed by atoms with van der Waals surface area (Å²) < 4.78 is 7.85. The molecular weight excluding hydrogens is 370 g/mol. The standard InChI is InChI=1S/C26H21N3O/c27-24-17-28-29-25(24)16-15-23(26(29)21-9-5-2-6-10-21)20-11-13-22(14-12-20)30-18-19-7-3-1-4-8-19/h1-17H,18,27H2. The van der Waals surface area contributed by atoms with Crippen LogP contribution in [-0.2, 0) is 6.61 Å². The Labute approximate surface area is 175 Å². The average molecular weight is 391 g/mol. The third-order valence-electron chi connectivity index (χ3n) is 5.17. The number of benzene rings is 3. The first-order chi connectivity index (χ1) is 14.8. The molecule has 0 atom stereocenters. The second-order valence-corrected chi connectivity index (χ2v) is 7.16. The number of pyridine rings is 1. The normalized spacial score (nSPS) is 10.9. The van der Waals surface area contributed by atoms with Crippen LogP contribution in [0.1, 0.15) is 5.56 Å². The summed E-state index contributed by atoms with van der Waals surface area (Å²) in [6.07, 6.45) is 1.70. The van der Waals surface area contributed by atoms with E-state index in [0.717, 1.165) is 39.2 Å². The number of anilines is 1. The molecule has 2 heterocycles. The highest BCUT2D eigenvalue weighted by atomic mass is 16.5. The van der Waals surface area contributed by atoms with Crippen LogP contribution in [0.25, 0.3) is 27.9 Å². The Bertz CT molecular complexity index is 1280. The molecule has 0 spiro atoms. The molecule has 0 bridgehead atoms. The molecule has 146 valence electrons. The van der Waals surface area contributed by atoms with E-state index < -0.39 is 0 Å². The van der Waals surface area contributed by atoms with Gasteiger partial charge in [0.25, 0.3) is 0 Å². The van der Waals surface area contributed by atoms with Crippen molar-refractivity contribution >= 4 is 11.2 Å². The predicted molar refractivity (Wildman–Crippen MR) is 121 cm³/mol. The SMILES string of the molecule is Nc1cnn2c(-c3ccccc3)c(-c3ccc(OCc4ccccc4)cc3)ccc12. The van der Waals surface area contributed by atoms with Crippen molar-refractivity contribution in [1.82, 2.24) is 9.61 Å². The fourth-order valence-corrected chi connectivity index (χ4v) is 3.65. The molecule has 4 nitrogen and oxygen atoms in total. The number of rotatable bonds is 5. The quantitative estimate of drug-likeness (QED) is 0.410. The van der Waals surface area contributed by atoms with Gasteiger partial charge in [0.2, 0.25) is 0 Å². The Balaban J connectivity index is 1.51. The Morgan fingerprint density at radius 2 is 1.43 bits per heavy atom. The average Bonchev–Trinajstić information content (AvgIpc) is 3.19. The van der Waals surface area contributed by atoms with Gasteiger partial charge in [0.05, 0.1) is 23.1 Å². The molecule has 30 heavy (non-hydrogen) atoms. The molecule has 0 saturated carbocycles. The van der Waals surface area contributed by atoms with Crippen LogP contribution in [-0.4, -0.2) is 9.61 Å². The maximum Gasteiger partial charge on any atom is 0.119 e. The van der Waals surface area contributed by atoms with Crippen LogP contribution in [0.4, 0.5) is 5.69 Å². The van der Waals surface area contributed by atoms with Crippen LogP contribution in [0.3, 0.4) is 0 Å². The van der Waals surface area contributed by atoms with Crippen molar-refractivity contribution < 1.29 is 4.74 Å². The minimum absolute atomic E-state index is 0.550. The van der Waals surface area contributed by atoms with E-state index in [4.69, 9.17) is 10.5 Å². The summed E-state index contributed by atoms with van der Waals surface area (Å²) in [5, 5.41) is 4.53. The molecule has 0 saturated heterocycles. The number of nitrogen functional groups attached to an aromatic ring is 1. The summed E-state index contributed by atoms with van der Waals surface area (Å²) in [6, 6.07) is 32.7. The third kappa shape index (κ3) is 3.40. The lowest BCUT2D eigenvalue weighted by molar-refractivity contribution is 0.306. The summed E-state index contributed by atoms with van der Waals surface area (Å²) in [5.41, 5.74) is 13.1. The number of nitrogens with two attached hydrogens (primary N) is 1. The maximum atomic E-state index is 6.11. The van der Waals surface area contributed by atoms with Crippen LogP contribution in [0, 0.1) is 0 Å². The number of aromatic nitrogens is 2. The minimum atomic E-state index is 0.550. The zero-order valence-electron chi connectivity index (χ0n) is 16.4.